The lowest BCUT2D eigenvalue weighted by molar-refractivity contribution is 0.0925. The molecule has 0 atom stereocenters. The summed E-state index contributed by atoms with van der Waals surface area (Å²) < 4.78 is 33.2. The average molecular weight is 405 g/mol. The summed E-state index contributed by atoms with van der Waals surface area (Å²) in [7, 11) is -3.77. The fraction of sp³-hybridized carbons (Fsp3) is 0.381. The molecule has 0 saturated heterocycles. The van der Waals surface area contributed by atoms with E-state index in [0.717, 1.165) is 5.56 Å². The second-order valence-electron chi connectivity index (χ2n) is 7.08. The van der Waals surface area contributed by atoms with Crippen LogP contribution in [0.1, 0.15) is 36.2 Å². The molecular weight excluding hydrogens is 376 g/mol. The first-order chi connectivity index (χ1) is 13.3. The van der Waals surface area contributed by atoms with E-state index >= 15 is 0 Å². The van der Waals surface area contributed by atoms with Crippen molar-refractivity contribution in [2.24, 2.45) is 5.92 Å². The molecule has 0 aromatic heterocycles. The quantitative estimate of drug-likeness (QED) is 0.593. The molecule has 6 nitrogen and oxygen atoms in total. The molecule has 2 rings (SSSR count). The second-order valence-corrected chi connectivity index (χ2v) is 8.76. The molecule has 0 radical (unpaired) electrons. The van der Waals surface area contributed by atoms with Gasteiger partial charge >= 0.3 is 0 Å². The zero-order chi connectivity index (χ0) is 20.6. The summed E-state index contributed by atoms with van der Waals surface area (Å²) in [6, 6.07) is 13.0. The van der Waals surface area contributed by atoms with Gasteiger partial charge in [0, 0.05) is 31.0 Å². The maximum absolute atomic E-state index is 12.6. The number of amides is 1. The van der Waals surface area contributed by atoms with Crippen LogP contribution in [0.3, 0.4) is 0 Å². The molecule has 0 bridgehead atoms. The molecule has 0 spiro atoms. The van der Waals surface area contributed by atoms with Gasteiger partial charge in [-0.25, -0.2) is 8.42 Å². The van der Waals surface area contributed by atoms with Crippen molar-refractivity contribution in [3.05, 3.63) is 59.7 Å². The third-order valence-electron chi connectivity index (χ3n) is 3.91. The first-order valence-electron chi connectivity index (χ1n) is 9.33. The summed E-state index contributed by atoms with van der Waals surface area (Å²) in [6.07, 6.45) is 0.700. The topological polar surface area (TPSA) is 84.5 Å². The summed E-state index contributed by atoms with van der Waals surface area (Å²) in [6.45, 7) is 7.83. The molecule has 0 aliphatic rings. The van der Waals surface area contributed by atoms with Gasteiger partial charge in [0.15, 0.2) is 0 Å². The van der Waals surface area contributed by atoms with Gasteiger partial charge in [0.2, 0.25) is 0 Å². The minimum atomic E-state index is -3.77. The molecule has 0 fully saturated rings. The van der Waals surface area contributed by atoms with Crippen LogP contribution in [0.4, 0.5) is 5.69 Å². The van der Waals surface area contributed by atoms with Crippen molar-refractivity contribution in [3.8, 4) is 0 Å². The van der Waals surface area contributed by atoms with Crippen LogP contribution in [0.25, 0.3) is 0 Å². The van der Waals surface area contributed by atoms with Crippen molar-refractivity contribution in [2.75, 3.05) is 24.5 Å². The Balaban J connectivity index is 1.94. The maximum Gasteiger partial charge on any atom is 0.261 e. The summed E-state index contributed by atoms with van der Waals surface area (Å²) in [5.41, 5.74) is 1.81. The van der Waals surface area contributed by atoms with Crippen molar-refractivity contribution in [1.82, 2.24) is 5.32 Å². The number of ether oxygens (including phenoxy) is 1. The van der Waals surface area contributed by atoms with E-state index in [4.69, 9.17) is 4.74 Å². The van der Waals surface area contributed by atoms with Gasteiger partial charge in [0.05, 0.1) is 4.90 Å². The summed E-state index contributed by atoms with van der Waals surface area (Å²) in [5, 5.41) is 2.79. The van der Waals surface area contributed by atoms with Crippen molar-refractivity contribution >= 4 is 21.6 Å². The van der Waals surface area contributed by atoms with Crippen LogP contribution in [0.15, 0.2) is 53.4 Å². The van der Waals surface area contributed by atoms with E-state index in [9.17, 15) is 13.2 Å². The van der Waals surface area contributed by atoms with Gasteiger partial charge in [-0.15, -0.1) is 0 Å². The number of aryl methyl sites for hydroxylation is 1. The number of sulfonamides is 1. The lowest BCUT2D eigenvalue weighted by atomic mass is 10.2. The smallest absolute Gasteiger partial charge is 0.261 e. The van der Waals surface area contributed by atoms with Gasteiger partial charge < -0.3 is 10.1 Å². The third-order valence-corrected chi connectivity index (χ3v) is 5.29. The fourth-order valence-corrected chi connectivity index (χ4v) is 3.54. The Morgan fingerprint density at radius 3 is 2.50 bits per heavy atom. The Morgan fingerprint density at radius 2 is 1.82 bits per heavy atom. The van der Waals surface area contributed by atoms with Crippen molar-refractivity contribution in [3.63, 3.8) is 0 Å². The Kier molecular flexibility index (Phi) is 8.02. The standard InChI is InChI=1S/C21H28N2O4S/c1-16(2)15-27-13-5-12-22-21(24)18-6-4-7-20(14-18)28(25,26)23-19-10-8-17(3)9-11-19/h4,6-11,14,16,23H,5,12-13,15H2,1-3H3,(H,22,24). The Morgan fingerprint density at radius 1 is 1.11 bits per heavy atom. The molecule has 0 aliphatic heterocycles. The normalized spacial score (nSPS) is 11.4. The van der Waals surface area contributed by atoms with Crippen LogP contribution in [-0.4, -0.2) is 34.1 Å². The third kappa shape index (κ3) is 6.98. The van der Waals surface area contributed by atoms with Crippen molar-refractivity contribution in [1.29, 1.82) is 0 Å². The average Bonchev–Trinajstić information content (AvgIpc) is 2.66. The number of nitrogens with one attached hydrogen (secondary N) is 2. The van der Waals surface area contributed by atoms with Gasteiger partial charge in [0.1, 0.15) is 0 Å². The van der Waals surface area contributed by atoms with E-state index in [1.807, 2.05) is 19.1 Å². The van der Waals surface area contributed by atoms with Crippen LogP contribution in [0.5, 0.6) is 0 Å². The number of carbonyl (C=O) groups excluding carboxylic acids is 1. The fourth-order valence-electron chi connectivity index (χ4n) is 2.44. The number of hydrogen-bond acceptors (Lipinski definition) is 4. The zero-order valence-electron chi connectivity index (χ0n) is 16.6. The second kappa shape index (κ2) is 10.2. The summed E-state index contributed by atoms with van der Waals surface area (Å²) >= 11 is 0. The van der Waals surface area contributed by atoms with Crippen molar-refractivity contribution < 1.29 is 17.9 Å². The molecule has 0 heterocycles. The SMILES string of the molecule is Cc1ccc(NS(=O)(=O)c2cccc(C(=O)NCCCOCC(C)C)c2)cc1. The number of carbonyl (C=O) groups is 1. The van der Waals surface area contributed by atoms with E-state index < -0.39 is 10.0 Å². The Bertz CT molecular complexity index is 878. The number of rotatable bonds is 10. The molecule has 2 aromatic rings. The Labute approximate surface area is 167 Å². The Hall–Kier alpha value is -2.38. The highest BCUT2D eigenvalue weighted by Gasteiger charge is 2.16. The van der Waals surface area contributed by atoms with E-state index in [1.165, 1.54) is 12.1 Å². The predicted molar refractivity (Wildman–Crippen MR) is 111 cm³/mol. The van der Waals surface area contributed by atoms with Gasteiger partial charge in [0.25, 0.3) is 15.9 Å². The van der Waals surface area contributed by atoms with Crippen LogP contribution >= 0.6 is 0 Å². The first kappa shape index (κ1) is 21.9. The van der Waals surface area contributed by atoms with Crippen LogP contribution < -0.4 is 10.0 Å². The molecule has 2 aromatic carbocycles. The molecule has 7 heteroatoms. The summed E-state index contributed by atoms with van der Waals surface area (Å²) in [5.74, 6) is 0.170. The molecule has 2 N–H and O–H groups in total. The highest BCUT2D eigenvalue weighted by Crippen LogP contribution is 2.17. The van der Waals surface area contributed by atoms with E-state index in [1.54, 1.807) is 24.3 Å². The molecule has 0 saturated carbocycles. The highest BCUT2D eigenvalue weighted by atomic mass is 32.2. The van der Waals surface area contributed by atoms with Crippen molar-refractivity contribution in [2.45, 2.75) is 32.1 Å². The van der Waals surface area contributed by atoms with E-state index in [0.29, 0.717) is 43.3 Å². The molecule has 1 amide bonds. The minimum Gasteiger partial charge on any atom is -0.381 e. The van der Waals surface area contributed by atoms with Gasteiger partial charge in [-0.2, -0.15) is 0 Å². The van der Waals surface area contributed by atoms with Crippen LogP contribution in [0, 0.1) is 12.8 Å². The summed E-state index contributed by atoms with van der Waals surface area (Å²) in [4.78, 5) is 12.3. The number of benzene rings is 2. The van der Waals surface area contributed by atoms with Crippen LogP contribution in [0.2, 0.25) is 0 Å². The van der Waals surface area contributed by atoms with Gasteiger partial charge in [-0.1, -0.05) is 37.6 Å². The van der Waals surface area contributed by atoms with E-state index in [-0.39, 0.29) is 10.8 Å². The molecule has 0 aliphatic carbocycles. The molecule has 28 heavy (non-hydrogen) atoms. The minimum absolute atomic E-state index is 0.0426. The molecular formula is C21H28N2O4S. The molecule has 0 unspecified atom stereocenters. The maximum atomic E-state index is 12.6. The lowest BCUT2D eigenvalue weighted by Crippen LogP contribution is -2.25. The van der Waals surface area contributed by atoms with Gasteiger partial charge in [-0.3, -0.25) is 9.52 Å². The zero-order valence-corrected chi connectivity index (χ0v) is 17.4. The lowest BCUT2D eigenvalue weighted by Gasteiger charge is -2.10. The molecule has 152 valence electrons. The van der Waals surface area contributed by atoms with Crippen LogP contribution in [-0.2, 0) is 14.8 Å². The highest BCUT2D eigenvalue weighted by molar-refractivity contribution is 7.92. The first-order valence-corrected chi connectivity index (χ1v) is 10.8. The van der Waals surface area contributed by atoms with Gasteiger partial charge in [-0.05, 0) is 49.6 Å². The number of anilines is 1. The van der Waals surface area contributed by atoms with E-state index in [2.05, 4.69) is 23.9 Å². The number of hydrogen-bond donors (Lipinski definition) is 2. The largest absolute Gasteiger partial charge is 0.381 e. The monoisotopic (exact) mass is 404 g/mol. The predicted octanol–water partition coefficient (Wildman–Crippen LogP) is 3.59.